The topological polar surface area (TPSA) is 12.5 Å². The van der Waals surface area contributed by atoms with Crippen molar-refractivity contribution in [3.8, 4) is 10.4 Å². The second-order valence-corrected chi connectivity index (χ2v) is 5.57. The zero-order valence-corrected chi connectivity index (χ0v) is 12.0. The van der Waals surface area contributed by atoms with Crippen molar-refractivity contribution >= 4 is 11.3 Å². The fourth-order valence-electron chi connectivity index (χ4n) is 1.69. The van der Waals surface area contributed by atoms with Crippen LogP contribution in [0.3, 0.4) is 0 Å². The Labute approximate surface area is 113 Å². The SMILES string of the molecule is CCc1ccc(-c2ccc(CON(C)C)cc2)s1. The molecule has 0 atom stereocenters. The first-order valence-corrected chi connectivity index (χ1v) is 6.99. The first-order chi connectivity index (χ1) is 8.69. The van der Waals surface area contributed by atoms with Crippen LogP contribution in [0.2, 0.25) is 0 Å². The Bertz CT molecular complexity index is 487. The summed E-state index contributed by atoms with van der Waals surface area (Å²) in [5.41, 5.74) is 2.48. The molecule has 1 aromatic heterocycles. The summed E-state index contributed by atoms with van der Waals surface area (Å²) in [5, 5.41) is 1.72. The van der Waals surface area contributed by atoms with E-state index in [2.05, 4.69) is 43.3 Å². The summed E-state index contributed by atoms with van der Waals surface area (Å²) >= 11 is 1.87. The minimum absolute atomic E-state index is 0.623. The van der Waals surface area contributed by atoms with Gasteiger partial charge in [-0.25, -0.2) is 0 Å². The molecule has 0 N–H and O–H groups in total. The molecule has 0 amide bonds. The molecule has 2 rings (SSSR count). The second-order valence-electron chi connectivity index (χ2n) is 4.40. The normalized spacial score (nSPS) is 11.1. The number of hydroxylamine groups is 2. The average molecular weight is 261 g/mol. The molecule has 96 valence electrons. The van der Waals surface area contributed by atoms with Crippen molar-refractivity contribution in [3.05, 3.63) is 46.8 Å². The molecule has 18 heavy (non-hydrogen) atoms. The maximum absolute atomic E-state index is 5.43. The molecule has 0 bridgehead atoms. The van der Waals surface area contributed by atoms with E-state index in [4.69, 9.17) is 4.84 Å². The van der Waals surface area contributed by atoms with Gasteiger partial charge in [-0.15, -0.1) is 11.3 Å². The summed E-state index contributed by atoms with van der Waals surface area (Å²) in [6, 6.07) is 13.0. The van der Waals surface area contributed by atoms with Gasteiger partial charge in [0.25, 0.3) is 0 Å². The number of nitrogens with zero attached hydrogens (tertiary/aromatic N) is 1. The van der Waals surface area contributed by atoms with E-state index in [-0.39, 0.29) is 0 Å². The van der Waals surface area contributed by atoms with Gasteiger partial charge in [0, 0.05) is 23.8 Å². The van der Waals surface area contributed by atoms with Crippen LogP contribution >= 0.6 is 11.3 Å². The molecule has 0 aliphatic heterocycles. The van der Waals surface area contributed by atoms with Crippen LogP contribution in [-0.4, -0.2) is 19.2 Å². The second kappa shape index (κ2) is 6.14. The van der Waals surface area contributed by atoms with E-state index in [1.165, 1.54) is 20.9 Å². The average Bonchev–Trinajstić information content (AvgIpc) is 2.85. The van der Waals surface area contributed by atoms with E-state index < -0.39 is 0 Å². The fraction of sp³-hybridized carbons (Fsp3) is 0.333. The maximum atomic E-state index is 5.43. The Balaban J connectivity index is 2.07. The van der Waals surface area contributed by atoms with Gasteiger partial charge in [0.05, 0.1) is 6.61 Å². The summed E-state index contributed by atoms with van der Waals surface area (Å²) in [6.45, 7) is 2.81. The van der Waals surface area contributed by atoms with Crippen molar-refractivity contribution in [3.63, 3.8) is 0 Å². The number of hydrogen-bond acceptors (Lipinski definition) is 3. The highest BCUT2D eigenvalue weighted by Gasteiger charge is 2.02. The van der Waals surface area contributed by atoms with Crippen molar-refractivity contribution in [2.75, 3.05) is 14.1 Å². The van der Waals surface area contributed by atoms with Crippen LogP contribution in [0.4, 0.5) is 0 Å². The van der Waals surface area contributed by atoms with Gasteiger partial charge in [-0.3, -0.25) is 4.84 Å². The Morgan fingerprint density at radius 3 is 2.33 bits per heavy atom. The fourth-order valence-corrected chi connectivity index (χ4v) is 2.64. The van der Waals surface area contributed by atoms with Crippen LogP contribution in [-0.2, 0) is 17.9 Å². The van der Waals surface area contributed by atoms with Crippen LogP contribution in [0, 0.1) is 0 Å². The van der Waals surface area contributed by atoms with Gasteiger partial charge in [-0.2, -0.15) is 5.06 Å². The third kappa shape index (κ3) is 3.42. The van der Waals surface area contributed by atoms with Gasteiger partial charge in [0.1, 0.15) is 0 Å². The van der Waals surface area contributed by atoms with Gasteiger partial charge in [0.15, 0.2) is 0 Å². The van der Waals surface area contributed by atoms with Crippen LogP contribution < -0.4 is 0 Å². The van der Waals surface area contributed by atoms with E-state index in [1.54, 1.807) is 5.06 Å². The quantitative estimate of drug-likeness (QED) is 0.755. The third-order valence-electron chi connectivity index (χ3n) is 2.74. The molecular weight excluding hydrogens is 242 g/mol. The summed E-state index contributed by atoms with van der Waals surface area (Å²) < 4.78 is 0. The Morgan fingerprint density at radius 2 is 1.78 bits per heavy atom. The predicted molar refractivity (Wildman–Crippen MR) is 77.6 cm³/mol. The van der Waals surface area contributed by atoms with Gasteiger partial charge >= 0.3 is 0 Å². The van der Waals surface area contributed by atoms with Gasteiger partial charge in [-0.05, 0) is 29.7 Å². The van der Waals surface area contributed by atoms with Crippen molar-refractivity contribution < 1.29 is 4.84 Å². The highest BCUT2D eigenvalue weighted by Crippen LogP contribution is 2.28. The molecule has 3 heteroatoms. The smallest absolute Gasteiger partial charge is 0.0935 e. The predicted octanol–water partition coefficient (Wildman–Crippen LogP) is 3.97. The van der Waals surface area contributed by atoms with E-state index >= 15 is 0 Å². The van der Waals surface area contributed by atoms with Gasteiger partial charge < -0.3 is 0 Å². The monoisotopic (exact) mass is 261 g/mol. The van der Waals surface area contributed by atoms with E-state index in [9.17, 15) is 0 Å². The van der Waals surface area contributed by atoms with Gasteiger partial charge in [-0.1, -0.05) is 31.2 Å². The molecule has 0 spiro atoms. The summed E-state index contributed by atoms with van der Waals surface area (Å²) in [7, 11) is 3.79. The van der Waals surface area contributed by atoms with E-state index in [0.29, 0.717) is 6.61 Å². The lowest BCUT2D eigenvalue weighted by atomic mass is 10.1. The van der Waals surface area contributed by atoms with Crippen LogP contribution in [0.25, 0.3) is 10.4 Å². The number of rotatable bonds is 5. The molecule has 0 unspecified atom stereocenters. The molecule has 0 saturated heterocycles. The first-order valence-electron chi connectivity index (χ1n) is 6.17. The molecule has 0 aliphatic rings. The maximum Gasteiger partial charge on any atom is 0.0935 e. The molecular formula is C15H19NOS. The van der Waals surface area contributed by atoms with Crippen molar-refractivity contribution in [1.29, 1.82) is 0 Å². The standard InChI is InChI=1S/C15H19NOS/c1-4-14-9-10-15(18-14)13-7-5-12(6-8-13)11-17-16(2)3/h5-10H,4,11H2,1-3H3. The Hall–Kier alpha value is -1.16. The summed E-state index contributed by atoms with van der Waals surface area (Å²) in [6.07, 6.45) is 1.11. The van der Waals surface area contributed by atoms with Crippen molar-refractivity contribution in [1.82, 2.24) is 5.06 Å². The minimum atomic E-state index is 0.623. The van der Waals surface area contributed by atoms with E-state index in [1.807, 2.05) is 25.4 Å². The number of thiophene rings is 1. The molecule has 1 aromatic carbocycles. The zero-order valence-electron chi connectivity index (χ0n) is 11.1. The first kappa shape index (κ1) is 13.3. The Morgan fingerprint density at radius 1 is 1.06 bits per heavy atom. The molecule has 0 aliphatic carbocycles. The highest BCUT2D eigenvalue weighted by atomic mass is 32.1. The zero-order chi connectivity index (χ0) is 13.0. The van der Waals surface area contributed by atoms with Crippen LogP contribution in [0.15, 0.2) is 36.4 Å². The lowest BCUT2D eigenvalue weighted by Gasteiger charge is -2.10. The molecule has 1 heterocycles. The molecule has 2 nitrogen and oxygen atoms in total. The van der Waals surface area contributed by atoms with Crippen LogP contribution in [0.1, 0.15) is 17.4 Å². The number of aryl methyl sites for hydroxylation is 1. The van der Waals surface area contributed by atoms with Crippen molar-refractivity contribution in [2.45, 2.75) is 20.0 Å². The molecule has 2 aromatic rings. The summed E-state index contributed by atoms with van der Waals surface area (Å²) in [5.74, 6) is 0. The van der Waals surface area contributed by atoms with Crippen molar-refractivity contribution in [2.24, 2.45) is 0 Å². The molecule has 0 saturated carbocycles. The minimum Gasteiger partial charge on any atom is -0.295 e. The summed E-state index contributed by atoms with van der Waals surface area (Å²) in [4.78, 5) is 8.21. The molecule has 0 radical (unpaired) electrons. The van der Waals surface area contributed by atoms with E-state index in [0.717, 1.165) is 6.42 Å². The third-order valence-corrected chi connectivity index (χ3v) is 4.02. The lowest BCUT2D eigenvalue weighted by molar-refractivity contribution is -0.130. The highest BCUT2D eigenvalue weighted by molar-refractivity contribution is 7.15. The largest absolute Gasteiger partial charge is 0.295 e. The van der Waals surface area contributed by atoms with Crippen LogP contribution in [0.5, 0.6) is 0 Å². The number of benzene rings is 1. The lowest BCUT2D eigenvalue weighted by Crippen LogP contribution is -2.11. The van der Waals surface area contributed by atoms with Gasteiger partial charge in [0.2, 0.25) is 0 Å². The number of hydrogen-bond donors (Lipinski definition) is 0. The molecule has 0 fully saturated rings. The Kier molecular flexibility index (Phi) is 4.53.